The van der Waals surface area contributed by atoms with Crippen LogP contribution in [-0.2, 0) is 23.1 Å². The van der Waals surface area contributed by atoms with Crippen LogP contribution in [0.3, 0.4) is 0 Å². The van der Waals surface area contributed by atoms with Crippen molar-refractivity contribution in [2.24, 2.45) is 0 Å². The molecule has 0 radical (unpaired) electrons. The largest absolute Gasteiger partial charge is 0.472 e. The van der Waals surface area contributed by atoms with Gasteiger partial charge in [0.25, 0.3) is 0 Å². The molecule has 0 bridgehead atoms. The Morgan fingerprint density at radius 1 is 1.03 bits per heavy atom. The lowest BCUT2D eigenvalue weighted by atomic mass is 10.1. The van der Waals surface area contributed by atoms with E-state index in [0.29, 0.717) is 0 Å². The molecule has 3 aromatic rings. The topological polar surface area (TPSA) is 286 Å². The molecule has 212 valence electrons. The van der Waals surface area contributed by atoms with E-state index in [1.165, 1.54) is 29.5 Å². The van der Waals surface area contributed by atoms with Crippen LogP contribution in [0.2, 0.25) is 0 Å². The van der Waals surface area contributed by atoms with Crippen LogP contribution in [0.1, 0.15) is 12.5 Å². The number of ether oxygens (including phenoxy) is 2. The zero-order valence-corrected chi connectivity index (χ0v) is 20.7. The second-order valence-corrected chi connectivity index (χ2v) is 10.2. The fourth-order valence-electron chi connectivity index (χ4n) is 4.37. The molecule has 3 aromatic heterocycles. The summed E-state index contributed by atoms with van der Waals surface area (Å²) in [6.07, 6.45) is -8.12. The number of phosphoric ester groups is 1. The van der Waals surface area contributed by atoms with E-state index in [1.807, 2.05) is 0 Å². The minimum Gasteiger partial charge on any atom is -0.394 e. The monoisotopic (exact) mass is 572 g/mol. The van der Waals surface area contributed by atoms with E-state index in [4.69, 9.17) is 30.0 Å². The Morgan fingerprint density at radius 2 is 1.77 bits per heavy atom. The molecular formula is C19H25N8O11P. The van der Waals surface area contributed by atoms with Gasteiger partial charge in [0, 0.05) is 6.20 Å². The number of imidazole rings is 1. The third-order valence-corrected chi connectivity index (χ3v) is 7.27. The summed E-state index contributed by atoms with van der Waals surface area (Å²) < 4.78 is 36.4. The van der Waals surface area contributed by atoms with E-state index in [2.05, 4.69) is 19.9 Å². The average Bonchev–Trinajstić information content (AvgIpc) is 3.53. The van der Waals surface area contributed by atoms with Crippen LogP contribution < -0.4 is 17.2 Å². The smallest absolute Gasteiger partial charge is 0.394 e. The molecule has 0 saturated carbocycles. The summed E-state index contributed by atoms with van der Waals surface area (Å²) in [5.41, 5.74) is 10.9. The molecule has 0 amide bonds. The maximum atomic E-state index is 12.9. The van der Waals surface area contributed by atoms with Gasteiger partial charge in [0.2, 0.25) is 0 Å². The molecule has 5 heterocycles. The van der Waals surface area contributed by atoms with Crippen molar-refractivity contribution in [1.29, 1.82) is 0 Å². The molecule has 9 atom stereocenters. The van der Waals surface area contributed by atoms with Crippen LogP contribution in [0.4, 0.5) is 11.6 Å². The number of nitrogens with two attached hydrogens (primary N) is 2. The molecule has 20 heteroatoms. The highest BCUT2D eigenvalue weighted by atomic mass is 31.2. The molecule has 39 heavy (non-hydrogen) atoms. The highest BCUT2D eigenvalue weighted by Crippen LogP contribution is 2.50. The Morgan fingerprint density at radius 3 is 2.49 bits per heavy atom. The maximum absolute atomic E-state index is 12.9. The number of fused-ring (bicyclic) bond motifs is 1. The van der Waals surface area contributed by atoms with Gasteiger partial charge in [-0.15, -0.1) is 0 Å². The summed E-state index contributed by atoms with van der Waals surface area (Å²) in [4.78, 5) is 38.0. The Hall–Kier alpha value is -3.10. The van der Waals surface area contributed by atoms with E-state index in [-0.39, 0.29) is 22.8 Å². The lowest BCUT2D eigenvalue weighted by Crippen LogP contribution is -2.36. The Balaban J connectivity index is 1.31. The molecule has 5 rings (SSSR count). The number of nitrogens with zero attached hydrogens (tertiary/aromatic N) is 6. The summed E-state index contributed by atoms with van der Waals surface area (Å²) in [7, 11) is -5.02. The van der Waals surface area contributed by atoms with E-state index >= 15 is 0 Å². The van der Waals surface area contributed by atoms with Gasteiger partial charge in [-0.2, -0.15) is 4.98 Å². The SMILES string of the molecule is Nc1ccn(C2OC(COP(=O)(O)OC3C(O)C(CO)OC3n3cnc4ncnc(N)c43)C(O)C2O)c(=O)n1. The highest BCUT2D eigenvalue weighted by Gasteiger charge is 2.50. The van der Waals surface area contributed by atoms with Crippen LogP contribution in [0.5, 0.6) is 0 Å². The number of anilines is 2. The van der Waals surface area contributed by atoms with Crippen LogP contribution in [0, 0.1) is 0 Å². The average molecular weight is 572 g/mol. The number of rotatable bonds is 8. The second-order valence-electron chi connectivity index (χ2n) is 8.74. The van der Waals surface area contributed by atoms with Crippen LogP contribution in [0.15, 0.2) is 29.7 Å². The van der Waals surface area contributed by atoms with Crippen molar-refractivity contribution < 1.29 is 48.4 Å². The third kappa shape index (κ3) is 5.12. The van der Waals surface area contributed by atoms with E-state index in [0.717, 1.165) is 4.57 Å². The lowest BCUT2D eigenvalue weighted by Gasteiger charge is -2.25. The second kappa shape index (κ2) is 10.5. The predicted octanol–water partition coefficient (Wildman–Crippen LogP) is -3.38. The fraction of sp³-hybridized carbons (Fsp3) is 0.526. The molecule has 9 unspecified atom stereocenters. The number of aliphatic hydroxyl groups excluding tert-OH is 4. The minimum absolute atomic E-state index is 0.00103. The molecule has 0 spiro atoms. The van der Waals surface area contributed by atoms with Crippen molar-refractivity contribution in [3.63, 3.8) is 0 Å². The first kappa shape index (κ1) is 27.5. The van der Waals surface area contributed by atoms with Crippen molar-refractivity contribution in [2.45, 2.75) is 49.1 Å². The van der Waals surface area contributed by atoms with Gasteiger partial charge in [0.1, 0.15) is 60.6 Å². The Kier molecular flexibility index (Phi) is 7.37. The number of nitrogen functional groups attached to an aromatic ring is 2. The maximum Gasteiger partial charge on any atom is 0.472 e. The number of hydrogen-bond acceptors (Lipinski definition) is 16. The van der Waals surface area contributed by atoms with E-state index in [9.17, 15) is 34.7 Å². The van der Waals surface area contributed by atoms with Gasteiger partial charge < -0.3 is 46.3 Å². The molecule has 0 aromatic carbocycles. The van der Waals surface area contributed by atoms with Crippen LogP contribution in [0.25, 0.3) is 11.2 Å². The number of aromatic nitrogens is 6. The van der Waals surface area contributed by atoms with Gasteiger partial charge in [-0.3, -0.25) is 18.2 Å². The third-order valence-electron chi connectivity index (χ3n) is 6.28. The highest BCUT2D eigenvalue weighted by molar-refractivity contribution is 7.47. The number of aliphatic hydroxyl groups is 4. The molecule has 2 aliphatic heterocycles. The van der Waals surface area contributed by atoms with E-state index < -0.39 is 75.8 Å². The van der Waals surface area contributed by atoms with Crippen LogP contribution in [-0.4, -0.2) is 104 Å². The molecule has 19 nitrogen and oxygen atoms in total. The molecule has 0 aliphatic carbocycles. The molecule has 9 N–H and O–H groups in total. The number of phosphoric acid groups is 1. The summed E-state index contributed by atoms with van der Waals surface area (Å²) in [6.45, 7) is -1.43. The van der Waals surface area contributed by atoms with Crippen molar-refractivity contribution >= 4 is 30.6 Å². The van der Waals surface area contributed by atoms with Crippen molar-refractivity contribution in [1.82, 2.24) is 29.1 Å². The molecule has 2 aliphatic rings. The molecule has 2 fully saturated rings. The number of hydrogen-bond donors (Lipinski definition) is 7. The van der Waals surface area contributed by atoms with E-state index in [1.54, 1.807) is 0 Å². The first-order chi connectivity index (χ1) is 18.5. The Labute approximate surface area is 217 Å². The van der Waals surface area contributed by atoms with Gasteiger partial charge in [-0.1, -0.05) is 0 Å². The predicted molar refractivity (Wildman–Crippen MR) is 126 cm³/mol. The molecule has 2 saturated heterocycles. The summed E-state index contributed by atoms with van der Waals surface area (Å²) in [5.74, 6) is -0.0672. The van der Waals surface area contributed by atoms with Gasteiger partial charge in [-0.05, 0) is 6.07 Å². The fourth-order valence-corrected chi connectivity index (χ4v) is 5.30. The lowest BCUT2D eigenvalue weighted by molar-refractivity contribution is -0.0634. The van der Waals surface area contributed by atoms with Crippen molar-refractivity contribution in [3.05, 3.63) is 35.4 Å². The first-order valence-corrected chi connectivity index (χ1v) is 12.9. The summed E-state index contributed by atoms with van der Waals surface area (Å²) >= 11 is 0. The molecular weight excluding hydrogens is 547 g/mol. The van der Waals surface area contributed by atoms with Gasteiger partial charge in [0.05, 0.1) is 13.2 Å². The summed E-state index contributed by atoms with van der Waals surface area (Å²) in [6, 6.07) is 1.28. The zero-order valence-electron chi connectivity index (χ0n) is 19.8. The van der Waals surface area contributed by atoms with Gasteiger partial charge >= 0.3 is 13.5 Å². The van der Waals surface area contributed by atoms with Crippen molar-refractivity contribution in [3.8, 4) is 0 Å². The quantitative estimate of drug-likeness (QED) is 0.130. The van der Waals surface area contributed by atoms with Crippen molar-refractivity contribution in [2.75, 3.05) is 24.7 Å². The Bertz CT molecular complexity index is 1450. The van der Waals surface area contributed by atoms with Crippen LogP contribution >= 0.6 is 7.82 Å². The zero-order chi connectivity index (χ0) is 28.1. The standard InChI is InChI=1S/C19H25N8O11P/c20-9-1-2-26(19(32)25-9)17-13(31)11(29)8(37-17)4-35-39(33,34)38-14-12(30)7(3-28)36-18(14)27-6-24-16-10(27)15(21)22-5-23-16/h1-2,5-8,11-14,17-18,28-31H,3-4H2,(H,33,34)(H2,20,25,32)(H2,21,22,23). The van der Waals surface area contributed by atoms with Gasteiger partial charge in [-0.25, -0.2) is 24.3 Å². The normalized spacial score (nSPS) is 32.5. The first-order valence-electron chi connectivity index (χ1n) is 11.4. The minimum atomic E-state index is -5.02. The van der Waals surface area contributed by atoms with Gasteiger partial charge in [0.15, 0.2) is 23.9 Å². The summed E-state index contributed by atoms with van der Waals surface area (Å²) in [5, 5.41) is 41.0.